The van der Waals surface area contributed by atoms with Crippen molar-refractivity contribution in [3.05, 3.63) is 28.4 Å². The van der Waals surface area contributed by atoms with Crippen molar-refractivity contribution in [3.8, 4) is 11.4 Å². The molecule has 0 aromatic carbocycles. The molecule has 114 valence electrons. The lowest BCUT2D eigenvalue weighted by Crippen LogP contribution is -2.42. The number of nitrogens with one attached hydrogen (secondary N) is 1. The number of aliphatic hydroxyl groups is 1. The van der Waals surface area contributed by atoms with Gasteiger partial charge in [-0.2, -0.15) is 13.2 Å². The van der Waals surface area contributed by atoms with Crippen molar-refractivity contribution in [2.75, 3.05) is 0 Å². The number of alkyl halides is 3. The Morgan fingerprint density at radius 2 is 2.10 bits per heavy atom. The van der Waals surface area contributed by atoms with E-state index < -0.39 is 17.6 Å². The minimum Gasteiger partial charge on any atom is -0.374 e. The number of aromatic amines is 1. The highest BCUT2D eigenvalue weighted by molar-refractivity contribution is 5.56. The summed E-state index contributed by atoms with van der Waals surface area (Å²) in [5.41, 5.74) is -2.57. The molecular weight excluding hydrogens is 289 g/mol. The third-order valence-electron chi connectivity index (χ3n) is 3.74. The smallest absolute Gasteiger partial charge is 0.374 e. The normalized spacial score (nSPS) is 20.8. The number of imidazole rings is 1. The second-order valence-corrected chi connectivity index (χ2v) is 5.37. The van der Waals surface area contributed by atoms with E-state index in [1.165, 1.54) is 16.8 Å². The summed E-state index contributed by atoms with van der Waals surface area (Å²) in [6.07, 6.45) is -3.60. The van der Waals surface area contributed by atoms with Gasteiger partial charge in [0, 0.05) is 6.07 Å². The Bertz CT molecular complexity index is 753. The van der Waals surface area contributed by atoms with E-state index in [4.69, 9.17) is 0 Å². The first-order chi connectivity index (χ1) is 9.63. The first kappa shape index (κ1) is 13.9. The summed E-state index contributed by atoms with van der Waals surface area (Å²) in [5, 5.41) is 12.4. The van der Waals surface area contributed by atoms with E-state index in [2.05, 4.69) is 10.1 Å². The number of H-pyrrole nitrogens is 1. The summed E-state index contributed by atoms with van der Waals surface area (Å²) in [5.74, 6) is -0.475. The maximum absolute atomic E-state index is 13.0. The van der Waals surface area contributed by atoms with Crippen LogP contribution in [0.3, 0.4) is 0 Å². The van der Waals surface area contributed by atoms with Gasteiger partial charge in [0.15, 0.2) is 5.82 Å². The van der Waals surface area contributed by atoms with Gasteiger partial charge in [-0.05, 0) is 13.8 Å². The molecule has 2 aromatic heterocycles. The van der Waals surface area contributed by atoms with Crippen molar-refractivity contribution in [3.63, 3.8) is 0 Å². The second kappa shape index (κ2) is 4.00. The Balaban J connectivity index is 2.23. The van der Waals surface area contributed by atoms with E-state index in [1.54, 1.807) is 11.6 Å². The van der Waals surface area contributed by atoms with Crippen molar-refractivity contribution in [2.24, 2.45) is 0 Å². The molecule has 0 amide bonds. The molecule has 0 saturated carbocycles. The van der Waals surface area contributed by atoms with Crippen molar-refractivity contribution >= 4 is 0 Å². The van der Waals surface area contributed by atoms with E-state index in [0.717, 1.165) is 0 Å². The second-order valence-electron chi connectivity index (χ2n) is 5.37. The molecule has 1 aliphatic rings. The van der Waals surface area contributed by atoms with Crippen molar-refractivity contribution in [2.45, 2.75) is 38.2 Å². The van der Waals surface area contributed by atoms with Gasteiger partial charge in [0.2, 0.25) is 5.60 Å². The summed E-state index contributed by atoms with van der Waals surface area (Å²) in [6, 6.07) is 0.910. The quantitative estimate of drug-likeness (QED) is 0.835. The monoisotopic (exact) mass is 302 g/mol. The number of hydrogen-bond donors (Lipinski definition) is 2. The molecule has 3 rings (SSSR count). The fourth-order valence-corrected chi connectivity index (χ4v) is 2.61. The summed E-state index contributed by atoms with van der Waals surface area (Å²) >= 11 is 0. The maximum atomic E-state index is 13.0. The van der Waals surface area contributed by atoms with Crippen LogP contribution in [0.25, 0.3) is 11.4 Å². The number of rotatable bonds is 1. The van der Waals surface area contributed by atoms with E-state index in [-0.39, 0.29) is 11.6 Å². The number of fused-ring (bicyclic) bond motifs is 3. The zero-order valence-corrected chi connectivity index (χ0v) is 11.3. The highest BCUT2D eigenvalue weighted by atomic mass is 19.4. The molecule has 0 radical (unpaired) electrons. The fourth-order valence-electron chi connectivity index (χ4n) is 2.61. The van der Waals surface area contributed by atoms with Crippen LogP contribution in [0.2, 0.25) is 0 Å². The summed E-state index contributed by atoms with van der Waals surface area (Å²) in [6.45, 7) is 2.67. The molecule has 3 heterocycles. The van der Waals surface area contributed by atoms with Gasteiger partial charge in [-0.1, -0.05) is 0 Å². The standard InChI is InChI=1S/C12H13F3N4O2/c1-6-5-18-7(3-9(20)17-18)8-4-16-10(19(6)8)11(2,21)12(13,14)15/h3-4,6,21H,5H2,1-2H3,(H,17,20)/t6-,11?/m0/s1. The zero-order valence-electron chi connectivity index (χ0n) is 11.3. The average molecular weight is 302 g/mol. The SMILES string of the molecule is C[C@H]1Cn2[nH]c(=O)cc2-c2cnc(C(C)(O)C(F)(F)F)n21. The number of hydrogen-bond acceptors (Lipinski definition) is 3. The highest BCUT2D eigenvalue weighted by Gasteiger charge is 2.54. The Morgan fingerprint density at radius 1 is 1.43 bits per heavy atom. The van der Waals surface area contributed by atoms with E-state index in [0.29, 0.717) is 24.9 Å². The van der Waals surface area contributed by atoms with E-state index in [9.17, 15) is 23.1 Å². The third kappa shape index (κ3) is 1.84. The van der Waals surface area contributed by atoms with Crippen LogP contribution in [0.15, 0.2) is 17.1 Å². The fraction of sp³-hybridized carbons (Fsp3) is 0.500. The lowest BCUT2D eigenvalue weighted by atomic mass is 10.0. The van der Waals surface area contributed by atoms with Gasteiger partial charge in [-0.15, -0.1) is 0 Å². The minimum atomic E-state index is -4.84. The van der Waals surface area contributed by atoms with Crippen LogP contribution in [-0.2, 0) is 12.1 Å². The maximum Gasteiger partial charge on any atom is 0.424 e. The lowest BCUT2D eigenvalue weighted by molar-refractivity contribution is -0.262. The Labute approximate surface area is 116 Å². The lowest BCUT2D eigenvalue weighted by Gasteiger charge is -2.31. The van der Waals surface area contributed by atoms with Crippen molar-refractivity contribution in [1.82, 2.24) is 19.3 Å². The third-order valence-corrected chi connectivity index (χ3v) is 3.74. The molecule has 1 unspecified atom stereocenters. The number of aromatic nitrogens is 4. The minimum absolute atomic E-state index is 0.294. The van der Waals surface area contributed by atoms with Gasteiger partial charge < -0.3 is 9.67 Å². The van der Waals surface area contributed by atoms with Crippen LogP contribution >= 0.6 is 0 Å². The Morgan fingerprint density at radius 3 is 2.71 bits per heavy atom. The van der Waals surface area contributed by atoms with Crippen LogP contribution in [0.4, 0.5) is 13.2 Å². The number of nitrogens with zero attached hydrogens (tertiary/aromatic N) is 3. The van der Waals surface area contributed by atoms with Gasteiger partial charge in [0.05, 0.1) is 30.2 Å². The predicted molar refractivity (Wildman–Crippen MR) is 66.6 cm³/mol. The Kier molecular flexibility index (Phi) is 2.65. The van der Waals surface area contributed by atoms with Crippen molar-refractivity contribution < 1.29 is 18.3 Å². The van der Waals surface area contributed by atoms with Crippen LogP contribution in [0, 0.1) is 0 Å². The first-order valence-corrected chi connectivity index (χ1v) is 6.30. The van der Waals surface area contributed by atoms with Crippen LogP contribution in [0.5, 0.6) is 0 Å². The van der Waals surface area contributed by atoms with Gasteiger partial charge in [0.25, 0.3) is 5.56 Å². The predicted octanol–water partition coefficient (Wildman–Crippen LogP) is 1.38. The average Bonchev–Trinajstić information content (AvgIpc) is 2.90. The van der Waals surface area contributed by atoms with E-state index in [1.807, 2.05) is 0 Å². The summed E-state index contributed by atoms with van der Waals surface area (Å²) < 4.78 is 42.0. The van der Waals surface area contributed by atoms with Gasteiger partial charge in [-0.3, -0.25) is 14.6 Å². The van der Waals surface area contributed by atoms with Gasteiger partial charge >= 0.3 is 6.18 Å². The molecular formula is C12H13F3N4O2. The summed E-state index contributed by atoms with van der Waals surface area (Å²) in [7, 11) is 0. The van der Waals surface area contributed by atoms with Crippen LogP contribution < -0.4 is 5.56 Å². The van der Waals surface area contributed by atoms with Crippen LogP contribution in [-0.4, -0.2) is 30.6 Å². The molecule has 1 aliphatic heterocycles. The van der Waals surface area contributed by atoms with E-state index >= 15 is 0 Å². The topological polar surface area (TPSA) is 75.8 Å². The largest absolute Gasteiger partial charge is 0.424 e. The zero-order chi connectivity index (χ0) is 15.6. The molecule has 2 N–H and O–H groups in total. The molecule has 6 nitrogen and oxygen atoms in total. The number of halogens is 3. The van der Waals surface area contributed by atoms with Crippen LogP contribution in [0.1, 0.15) is 25.7 Å². The Hall–Kier alpha value is -2.03. The molecule has 0 fully saturated rings. The highest BCUT2D eigenvalue weighted by Crippen LogP contribution is 2.41. The molecule has 2 atom stereocenters. The molecule has 0 spiro atoms. The summed E-state index contributed by atoms with van der Waals surface area (Å²) in [4.78, 5) is 15.2. The van der Waals surface area contributed by atoms with Gasteiger partial charge in [-0.25, -0.2) is 4.98 Å². The molecule has 0 saturated heterocycles. The first-order valence-electron chi connectivity index (χ1n) is 6.30. The van der Waals surface area contributed by atoms with Gasteiger partial charge in [0.1, 0.15) is 0 Å². The van der Waals surface area contributed by atoms with Crippen molar-refractivity contribution in [1.29, 1.82) is 0 Å². The molecule has 21 heavy (non-hydrogen) atoms. The molecule has 9 heteroatoms. The molecule has 2 aromatic rings. The molecule has 0 bridgehead atoms. The molecule has 0 aliphatic carbocycles.